The Balaban J connectivity index is 1.41. The van der Waals surface area contributed by atoms with Crippen molar-refractivity contribution in [2.75, 3.05) is 70.9 Å². The molecule has 28 nitrogen and oxygen atoms in total. The van der Waals surface area contributed by atoms with Crippen LogP contribution in [-0.4, -0.2) is 198 Å². The molecule has 0 aliphatic carbocycles. The van der Waals surface area contributed by atoms with Crippen LogP contribution in [0.5, 0.6) is 0 Å². The molecular formula is C54H85N17O11S. The van der Waals surface area contributed by atoms with E-state index in [4.69, 9.17) is 11.5 Å². The van der Waals surface area contributed by atoms with E-state index in [1.807, 2.05) is 43.2 Å². The Kier molecular flexibility index (Phi) is 28.9. The van der Waals surface area contributed by atoms with E-state index in [0.717, 1.165) is 24.0 Å². The normalized spacial score (nSPS) is 15.5. The van der Waals surface area contributed by atoms with E-state index in [-0.39, 0.29) is 69.9 Å². The number of aromatic nitrogens is 3. The number of nitrogens with one attached hydrogen (secondary N) is 13. The molecule has 11 amide bonds. The molecule has 458 valence electrons. The average molecular weight is 1180 g/mol. The Hall–Kier alpha value is -7.63. The largest absolute Gasteiger partial charge is 0.370 e. The second kappa shape index (κ2) is 35.4. The van der Waals surface area contributed by atoms with Crippen LogP contribution >= 0.6 is 11.8 Å². The molecule has 1 fully saturated rings. The van der Waals surface area contributed by atoms with Gasteiger partial charge in [-0.2, -0.15) is 11.8 Å². The van der Waals surface area contributed by atoms with Gasteiger partial charge >= 0.3 is 0 Å². The van der Waals surface area contributed by atoms with Crippen molar-refractivity contribution in [1.82, 2.24) is 78.3 Å². The first-order valence-electron chi connectivity index (χ1n) is 27.9. The Morgan fingerprint density at radius 1 is 0.639 bits per heavy atom. The molecule has 0 spiro atoms. The second-order valence-electron chi connectivity index (χ2n) is 21.1. The van der Waals surface area contributed by atoms with Crippen molar-refractivity contribution in [1.29, 1.82) is 0 Å². The molecule has 1 aliphatic heterocycles. The fourth-order valence-electron chi connectivity index (χ4n) is 8.88. The van der Waals surface area contributed by atoms with Gasteiger partial charge in [0, 0.05) is 100 Å². The van der Waals surface area contributed by atoms with E-state index in [0.29, 0.717) is 43.2 Å². The van der Waals surface area contributed by atoms with Gasteiger partial charge < -0.3 is 79.9 Å². The van der Waals surface area contributed by atoms with Crippen LogP contribution < -0.4 is 70.0 Å². The number of rotatable bonds is 34. The number of carbonyl (C=O) groups excluding carboxylic acids is 11. The van der Waals surface area contributed by atoms with Crippen molar-refractivity contribution in [3.8, 4) is 0 Å². The molecule has 0 unspecified atom stereocenters. The number of para-hydroxylation sites is 1. The SMILES string of the molecule is CSCC[C@H](NC(=O)[C@H](CC(C)C)NC(=O)[C@H](Cc1cnc[nH]1)NC(=O)CNC(=O)[C@@H](NC(=O)[C@H](C)NC(=O)[C@H](Cc1c[nH]c2ccccc12)NC(=O)[C@H](CCC(N)=O)NC(=O)CCNC(=O)CN1CCNCCNCC1)C(C)C)C(N)=O. The van der Waals surface area contributed by atoms with Gasteiger partial charge in [-0.15, -0.1) is 0 Å². The number of fused-ring (bicyclic) bond motifs is 1. The van der Waals surface area contributed by atoms with Crippen LogP contribution in [0.3, 0.4) is 0 Å². The summed E-state index contributed by atoms with van der Waals surface area (Å²) in [5.41, 5.74) is 12.8. The summed E-state index contributed by atoms with van der Waals surface area (Å²) in [6.07, 6.45) is 5.87. The van der Waals surface area contributed by atoms with Crippen LogP contribution in [-0.2, 0) is 65.6 Å². The molecule has 1 aromatic carbocycles. The number of aromatic amines is 2. The summed E-state index contributed by atoms with van der Waals surface area (Å²) in [5.74, 6) is -7.89. The monoisotopic (exact) mass is 1180 g/mol. The molecule has 4 rings (SSSR count). The number of amides is 11. The summed E-state index contributed by atoms with van der Waals surface area (Å²) >= 11 is 1.47. The highest BCUT2D eigenvalue weighted by molar-refractivity contribution is 7.98. The molecule has 1 aliphatic rings. The lowest BCUT2D eigenvalue weighted by Gasteiger charge is -2.26. The van der Waals surface area contributed by atoms with E-state index in [1.54, 1.807) is 26.1 Å². The van der Waals surface area contributed by atoms with Crippen LogP contribution in [0.1, 0.15) is 78.0 Å². The third-order valence-corrected chi connectivity index (χ3v) is 14.1. The average Bonchev–Trinajstić information content (AvgIpc) is 4.36. The Morgan fingerprint density at radius 3 is 1.90 bits per heavy atom. The van der Waals surface area contributed by atoms with Crippen LogP contribution in [0, 0.1) is 11.8 Å². The Bertz CT molecular complexity index is 2640. The summed E-state index contributed by atoms with van der Waals surface area (Å²) in [6, 6.07) is -1.40. The minimum Gasteiger partial charge on any atom is -0.370 e. The molecule has 1 saturated heterocycles. The Morgan fingerprint density at radius 2 is 1.27 bits per heavy atom. The van der Waals surface area contributed by atoms with Crippen molar-refractivity contribution in [2.24, 2.45) is 23.3 Å². The number of nitrogens with two attached hydrogens (primary N) is 2. The molecule has 83 heavy (non-hydrogen) atoms. The fraction of sp³-hybridized carbons (Fsp3) is 0.593. The molecule has 17 N–H and O–H groups in total. The molecule has 0 bridgehead atoms. The third-order valence-electron chi connectivity index (χ3n) is 13.5. The predicted molar refractivity (Wildman–Crippen MR) is 311 cm³/mol. The minimum absolute atomic E-state index is 0.0434. The number of nitrogens with zero attached hydrogens (tertiary/aromatic N) is 2. The summed E-state index contributed by atoms with van der Waals surface area (Å²) in [7, 11) is 0. The molecule has 0 radical (unpaired) electrons. The molecule has 7 atom stereocenters. The van der Waals surface area contributed by atoms with Gasteiger partial charge in [0.05, 0.1) is 19.4 Å². The maximum Gasteiger partial charge on any atom is 0.243 e. The Labute approximate surface area is 487 Å². The number of thioether (sulfide) groups is 1. The highest BCUT2D eigenvalue weighted by atomic mass is 32.2. The van der Waals surface area contributed by atoms with Crippen molar-refractivity contribution in [3.05, 3.63) is 54.2 Å². The van der Waals surface area contributed by atoms with Gasteiger partial charge in [0.2, 0.25) is 65.0 Å². The summed E-state index contributed by atoms with van der Waals surface area (Å²) < 4.78 is 0. The number of hydrogen-bond donors (Lipinski definition) is 15. The van der Waals surface area contributed by atoms with E-state index in [2.05, 4.69) is 73.4 Å². The summed E-state index contributed by atoms with van der Waals surface area (Å²) in [5, 5.41) is 31.0. The zero-order valence-corrected chi connectivity index (χ0v) is 49.0. The van der Waals surface area contributed by atoms with Gasteiger partial charge in [0.1, 0.15) is 42.3 Å². The van der Waals surface area contributed by atoms with Crippen molar-refractivity contribution in [3.63, 3.8) is 0 Å². The number of H-pyrrole nitrogens is 2. The number of primary amides is 2. The lowest BCUT2D eigenvalue weighted by Crippen LogP contribution is -2.59. The van der Waals surface area contributed by atoms with Crippen molar-refractivity contribution < 1.29 is 52.7 Å². The lowest BCUT2D eigenvalue weighted by atomic mass is 10.0. The maximum absolute atomic E-state index is 14.3. The lowest BCUT2D eigenvalue weighted by molar-refractivity contribution is -0.135. The number of imidazole rings is 1. The predicted octanol–water partition coefficient (Wildman–Crippen LogP) is -3.59. The van der Waals surface area contributed by atoms with Crippen LogP contribution in [0.25, 0.3) is 10.9 Å². The molecular weight excluding hydrogens is 1090 g/mol. The first-order valence-corrected chi connectivity index (χ1v) is 29.3. The highest BCUT2D eigenvalue weighted by Gasteiger charge is 2.34. The van der Waals surface area contributed by atoms with E-state index >= 15 is 0 Å². The molecule has 2 aromatic heterocycles. The maximum atomic E-state index is 14.3. The molecule has 3 aromatic rings. The summed E-state index contributed by atoms with van der Waals surface area (Å²) in [4.78, 5) is 159. The van der Waals surface area contributed by atoms with Gasteiger partial charge in [-0.1, -0.05) is 45.9 Å². The first-order chi connectivity index (χ1) is 39.5. The molecule has 3 heterocycles. The minimum atomic E-state index is -1.37. The second-order valence-corrected chi connectivity index (χ2v) is 22.1. The van der Waals surface area contributed by atoms with E-state index in [9.17, 15) is 52.7 Å². The van der Waals surface area contributed by atoms with Gasteiger partial charge in [-0.3, -0.25) is 57.6 Å². The third kappa shape index (κ3) is 24.4. The topological polar surface area (TPSA) is 420 Å². The first kappa shape index (κ1) is 67.9. The van der Waals surface area contributed by atoms with Crippen LogP contribution in [0.4, 0.5) is 0 Å². The van der Waals surface area contributed by atoms with Crippen molar-refractivity contribution >= 4 is 87.6 Å². The smallest absolute Gasteiger partial charge is 0.243 e. The molecule has 0 saturated carbocycles. The zero-order chi connectivity index (χ0) is 61.0. The quantitative estimate of drug-likeness (QED) is 0.0275. The van der Waals surface area contributed by atoms with Crippen LogP contribution in [0.2, 0.25) is 0 Å². The fourth-order valence-corrected chi connectivity index (χ4v) is 9.35. The number of carbonyl (C=O) groups is 11. The molecule has 29 heteroatoms. The van der Waals surface area contributed by atoms with Gasteiger partial charge in [0.25, 0.3) is 0 Å². The number of hydrogen-bond acceptors (Lipinski definition) is 16. The van der Waals surface area contributed by atoms with Crippen molar-refractivity contribution in [2.45, 2.75) is 122 Å². The van der Waals surface area contributed by atoms with E-state index in [1.165, 1.54) is 31.2 Å². The number of benzene rings is 1. The van der Waals surface area contributed by atoms with E-state index < -0.39 is 114 Å². The van der Waals surface area contributed by atoms with Gasteiger partial charge in [-0.25, -0.2) is 4.98 Å². The van der Waals surface area contributed by atoms with Gasteiger partial charge in [-0.05, 0) is 61.7 Å². The highest BCUT2D eigenvalue weighted by Crippen LogP contribution is 2.20. The van der Waals surface area contributed by atoms with Crippen LogP contribution in [0.15, 0.2) is 43.0 Å². The standard InChI is InChI=1S/C54H85N17O11S/c1-31(2)23-40(52(80)67-38(48(56)76)14-22-83-6)68-53(81)42(25-35-27-59-30-63-35)66-45(74)28-62-54(82)47(32(3)4)70-49(77)33(5)64-51(79)41(24-34-26-61-37-10-8-7-9-36(34)37)69-50(78)39(11-12-43(55)72)65-44(73)13-15-60-46(75)29-71-20-18-57-16-17-58-19-21-71/h7-10,26-27,30-33,38-42,47,57-58,61H,11-25,28-29H2,1-6H3,(H2,55,72)(H2,56,76)(H,59,63)(H,60,75)(H,62,82)(H,64,79)(H,65,73)(H,66,74)(H,67,80)(H,68,81)(H,69,78)(H,70,77)/t33-,38-,39-,40-,41-,42-,47-/m0/s1. The van der Waals surface area contributed by atoms with Gasteiger partial charge in [0.15, 0.2) is 0 Å². The zero-order valence-electron chi connectivity index (χ0n) is 48.2. The summed E-state index contributed by atoms with van der Waals surface area (Å²) in [6.45, 7) is 12.2.